The molecule has 1 nitrogen and oxygen atoms in total. The van der Waals surface area contributed by atoms with Gasteiger partial charge in [-0.25, -0.2) is 0 Å². The summed E-state index contributed by atoms with van der Waals surface area (Å²) >= 11 is 1.90. The molecule has 1 aromatic heterocycles. The summed E-state index contributed by atoms with van der Waals surface area (Å²) < 4.78 is 0. The first-order chi connectivity index (χ1) is 7.81. The standard InChI is InChI=1S/C14H25NS/c1-4-8-13(15(6-3)10-5-2)12-14-9-7-11-16-14/h7,9,11,13H,4-6,8,10,12H2,1-3H3. The Hall–Kier alpha value is -0.340. The molecular formula is C14H25NS. The molecule has 2 heteroatoms. The van der Waals surface area contributed by atoms with E-state index in [1.54, 1.807) is 0 Å². The minimum absolute atomic E-state index is 0.744. The predicted molar refractivity (Wildman–Crippen MR) is 74.3 cm³/mol. The van der Waals surface area contributed by atoms with Crippen molar-refractivity contribution in [3.8, 4) is 0 Å². The second-order valence-electron chi connectivity index (χ2n) is 4.35. The van der Waals surface area contributed by atoms with E-state index in [1.165, 1.54) is 43.6 Å². The van der Waals surface area contributed by atoms with Crippen molar-refractivity contribution >= 4 is 11.3 Å². The van der Waals surface area contributed by atoms with E-state index in [0.29, 0.717) is 0 Å². The van der Waals surface area contributed by atoms with Gasteiger partial charge >= 0.3 is 0 Å². The van der Waals surface area contributed by atoms with Gasteiger partial charge in [-0.15, -0.1) is 11.3 Å². The van der Waals surface area contributed by atoms with Crippen molar-refractivity contribution in [2.75, 3.05) is 13.1 Å². The summed E-state index contributed by atoms with van der Waals surface area (Å²) in [4.78, 5) is 4.18. The van der Waals surface area contributed by atoms with E-state index >= 15 is 0 Å². The number of hydrogen-bond acceptors (Lipinski definition) is 2. The van der Waals surface area contributed by atoms with Crippen molar-refractivity contribution in [3.05, 3.63) is 22.4 Å². The molecule has 0 fully saturated rings. The average molecular weight is 239 g/mol. The molecule has 0 aliphatic rings. The topological polar surface area (TPSA) is 3.24 Å². The molecule has 1 unspecified atom stereocenters. The first-order valence-corrected chi connectivity index (χ1v) is 7.46. The lowest BCUT2D eigenvalue weighted by molar-refractivity contribution is 0.194. The van der Waals surface area contributed by atoms with Crippen molar-refractivity contribution in [2.45, 2.75) is 52.5 Å². The Morgan fingerprint density at radius 1 is 1.25 bits per heavy atom. The van der Waals surface area contributed by atoms with Gasteiger partial charge in [-0.1, -0.05) is 33.3 Å². The van der Waals surface area contributed by atoms with Crippen LogP contribution in [0.15, 0.2) is 17.5 Å². The Kier molecular flexibility index (Phi) is 6.74. The molecule has 0 radical (unpaired) electrons. The van der Waals surface area contributed by atoms with Gasteiger partial charge in [0.05, 0.1) is 0 Å². The smallest absolute Gasteiger partial charge is 0.0143 e. The van der Waals surface area contributed by atoms with E-state index < -0.39 is 0 Å². The first kappa shape index (κ1) is 13.7. The Labute approximate surface area is 104 Å². The summed E-state index contributed by atoms with van der Waals surface area (Å²) in [5.41, 5.74) is 0. The molecule has 0 saturated carbocycles. The van der Waals surface area contributed by atoms with Crippen LogP contribution in [0.25, 0.3) is 0 Å². The molecule has 0 aliphatic carbocycles. The van der Waals surface area contributed by atoms with Gasteiger partial charge in [-0.3, -0.25) is 0 Å². The number of hydrogen-bond donors (Lipinski definition) is 0. The maximum absolute atomic E-state index is 2.64. The van der Waals surface area contributed by atoms with Gasteiger partial charge in [-0.05, 0) is 43.8 Å². The third-order valence-corrected chi connectivity index (χ3v) is 3.97. The third kappa shape index (κ3) is 4.26. The Bertz CT molecular complexity index is 256. The highest BCUT2D eigenvalue weighted by Crippen LogP contribution is 2.17. The van der Waals surface area contributed by atoms with Crippen molar-refractivity contribution in [1.29, 1.82) is 0 Å². The van der Waals surface area contributed by atoms with Crippen LogP contribution in [-0.2, 0) is 6.42 Å². The van der Waals surface area contributed by atoms with E-state index in [1.807, 2.05) is 11.3 Å². The summed E-state index contributed by atoms with van der Waals surface area (Å²) in [5, 5.41) is 2.19. The Morgan fingerprint density at radius 3 is 2.56 bits per heavy atom. The van der Waals surface area contributed by atoms with E-state index in [2.05, 4.69) is 43.2 Å². The lowest BCUT2D eigenvalue weighted by Crippen LogP contribution is -2.37. The number of nitrogens with zero attached hydrogens (tertiary/aromatic N) is 1. The molecule has 1 aromatic rings. The van der Waals surface area contributed by atoms with E-state index in [4.69, 9.17) is 0 Å². The fourth-order valence-corrected chi connectivity index (χ4v) is 3.07. The van der Waals surface area contributed by atoms with E-state index in [0.717, 1.165) is 6.04 Å². The van der Waals surface area contributed by atoms with Crippen LogP contribution in [0.4, 0.5) is 0 Å². The Morgan fingerprint density at radius 2 is 2.06 bits per heavy atom. The second kappa shape index (κ2) is 7.86. The van der Waals surface area contributed by atoms with Crippen LogP contribution in [0.3, 0.4) is 0 Å². The molecule has 1 heterocycles. The number of likely N-dealkylation sites (N-methyl/N-ethyl adjacent to an activating group) is 1. The van der Waals surface area contributed by atoms with Crippen molar-refractivity contribution in [3.63, 3.8) is 0 Å². The quantitative estimate of drug-likeness (QED) is 0.657. The highest BCUT2D eigenvalue weighted by molar-refractivity contribution is 7.09. The van der Waals surface area contributed by atoms with Gasteiger partial charge < -0.3 is 4.90 Å². The van der Waals surface area contributed by atoms with Crippen LogP contribution in [-0.4, -0.2) is 24.0 Å². The molecule has 0 saturated heterocycles. The van der Waals surface area contributed by atoms with Crippen molar-refractivity contribution < 1.29 is 0 Å². The molecule has 0 amide bonds. The highest BCUT2D eigenvalue weighted by atomic mass is 32.1. The second-order valence-corrected chi connectivity index (χ2v) is 5.39. The maximum atomic E-state index is 2.64. The minimum atomic E-state index is 0.744. The fraction of sp³-hybridized carbons (Fsp3) is 0.714. The normalized spacial score (nSPS) is 13.2. The fourth-order valence-electron chi connectivity index (χ4n) is 2.29. The van der Waals surface area contributed by atoms with Crippen LogP contribution >= 0.6 is 11.3 Å². The zero-order chi connectivity index (χ0) is 11.8. The lowest BCUT2D eigenvalue weighted by Gasteiger charge is -2.30. The van der Waals surface area contributed by atoms with Crippen LogP contribution in [0.1, 0.15) is 44.9 Å². The zero-order valence-electron chi connectivity index (χ0n) is 10.9. The highest BCUT2D eigenvalue weighted by Gasteiger charge is 2.16. The van der Waals surface area contributed by atoms with Gasteiger partial charge in [0.2, 0.25) is 0 Å². The van der Waals surface area contributed by atoms with E-state index in [-0.39, 0.29) is 0 Å². The van der Waals surface area contributed by atoms with Crippen molar-refractivity contribution in [1.82, 2.24) is 4.90 Å². The summed E-state index contributed by atoms with van der Waals surface area (Å²) in [6.45, 7) is 9.28. The molecule has 92 valence electrons. The molecule has 0 N–H and O–H groups in total. The lowest BCUT2D eigenvalue weighted by atomic mass is 10.1. The predicted octanol–water partition coefficient (Wildman–Crippen LogP) is 4.19. The largest absolute Gasteiger partial charge is 0.300 e. The van der Waals surface area contributed by atoms with Crippen LogP contribution in [0.5, 0.6) is 0 Å². The molecule has 1 rings (SSSR count). The number of rotatable bonds is 8. The zero-order valence-corrected chi connectivity index (χ0v) is 11.7. The SMILES string of the molecule is CCCC(Cc1cccs1)N(CC)CCC. The van der Waals surface area contributed by atoms with Crippen LogP contribution < -0.4 is 0 Å². The Balaban J connectivity index is 2.57. The van der Waals surface area contributed by atoms with Crippen molar-refractivity contribution in [2.24, 2.45) is 0 Å². The molecule has 1 atom stereocenters. The summed E-state index contributed by atoms with van der Waals surface area (Å²) in [6.07, 6.45) is 5.11. The van der Waals surface area contributed by atoms with Crippen LogP contribution in [0.2, 0.25) is 0 Å². The number of thiophene rings is 1. The molecule has 0 aliphatic heterocycles. The van der Waals surface area contributed by atoms with Gasteiger partial charge in [0.15, 0.2) is 0 Å². The first-order valence-electron chi connectivity index (χ1n) is 6.58. The average Bonchev–Trinajstić information content (AvgIpc) is 2.78. The monoisotopic (exact) mass is 239 g/mol. The molecule has 0 aromatic carbocycles. The van der Waals surface area contributed by atoms with Gasteiger partial charge in [0, 0.05) is 10.9 Å². The summed E-state index contributed by atoms with van der Waals surface area (Å²) in [5.74, 6) is 0. The summed E-state index contributed by atoms with van der Waals surface area (Å²) in [7, 11) is 0. The van der Waals surface area contributed by atoms with Gasteiger partial charge in [0.25, 0.3) is 0 Å². The van der Waals surface area contributed by atoms with Gasteiger partial charge in [-0.2, -0.15) is 0 Å². The minimum Gasteiger partial charge on any atom is -0.300 e. The maximum Gasteiger partial charge on any atom is 0.0143 e. The van der Waals surface area contributed by atoms with Crippen LogP contribution in [0, 0.1) is 0 Å². The molecule has 0 spiro atoms. The molecular weight excluding hydrogens is 214 g/mol. The summed E-state index contributed by atoms with van der Waals surface area (Å²) in [6, 6.07) is 5.18. The van der Waals surface area contributed by atoms with E-state index in [9.17, 15) is 0 Å². The molecule has 0 bridgehead atoms. The third-order valence-electron chi connectivity index (χ3n) is 3.07. The molecule has 16 heavy (non-hydrogen) atoms. The van der Waals surface area contributed by atoms with Gasteiger partial charge in [0.1, 0.15) is 0 Å².